The van der Waals surface area contributed by atoms with Crippen molar-refractivity contribution in [2.75, 3.05) is 26.4 Å². The average Bonchev–Trinajstić information content (AvgIpc) is 2.76. The molecule has 0 amide bonds. The summed E-state index contributed by atoms with van der Waals surface area (Å²) in [7, 11) is 0. The SMILES string of the molecule is CCNC(=NCc1cccc(COCCOCC)c1)NCc1ccccc1OC(F)F. The van der Waals surface area contributed by atoms with Crippen LogP contribution in [0.15, 0.2) is 53.5 Å². The molecule has 170 valence electrons. The Balaban J connectivity index is 1.93. The second-order valence-electron chi connectivity index (χ2n) is 6.60. The molecule has 0 unspecified atom stereocenters. The molecule has 8 heteroatoms. The van der Waals surface area contributed by atoms with Crippen LogP contribution in [0.1, 0.15) is 30.5 Å². The predicted octanol–water partition coefficient (Wildman–Crippen LogP) is 4.10. The van der Waals surface area contributed by atoms with Crippen LogP contribution in [-0.2, 0) is 29.2 Å². The van der Waals surface area contributed by atoms with Gasteiger partial charge in [-0.1, -0.05) is 42.5 Å². The lowest BCUT2D eigenvalue weighted by Crippen LogP contribution is -2.36. The van der Waals surface area contributed by atoms with Gasteiger partial charge in [0.25, 0.3) is 0 Å². The maximum Gasteiger partial charge on any atom is 0.387 e. The van der Waals surface area contributed by atoms with E-state index in [1.54, 1.807) is 18.2 Å². The Morgan fingerprint density at radius 2 is 1.74 bits per heavy atom. The van der Waals surface area contributed by atoms with Crippen molar-refractivity contribution in [3.63, 3.8) is 0 Å². The highest BCUT2D eigenvalue weighted by atomic mass is 19.3. The summed E-state index contributed by atoms with van der Waals surface area (Å²) in [4.78, 5) is 4.60. The summed E-state index contributed by atoms with van der Waals surface area (Å²) in [5.74, 6) is 0.741. The maximum atomic E-state index is 12.6. The van der Waals surface area contributed by atoms with E-state index in [1.807, 2.05) is 32.0 Å². The summed E-state index contributed by atoms with van der Waals surface area (Å²) in [6.45, 7) is 4.85. The Morgan fingerprint density at radius 1 is 0.968 bits per heavy atom. The summed E-state index contributed by atoms with van der Waals surface area (Å²) < 4.78 is 40.7. The number of rotatable bonds is 13. The lowest BCUT2D eigenvalue weighted by atomic mass is 10.1. The van der Waals surface area contributed by atoms with Gasteiger partial charge in [-0.15, -0.1) is 0 Å². The normalized spacial score (nSPS) is 11.6. The molecule has 0 aliphatic heterocycles. The van der Waals surface area contributed by atoms with E-state index in [9.17, 15) is 8.78 Å². The number of alkyl halides is 2. The second kappa shape index (κ2) is 14.3. The van der Waals surface area contributed by atoms with E-state index in [0.29, 0.717) is 57.6 Å². The molecule has 6 nitrogen and oxygen atoms in total. The van der Waals surface area contributed by atoms with Crippen molar-refractivity contribution in [2.24, 2.45) is 4.99 Å². The number of ether oxygens (including phenoxy) is 3. The molecule has 0 aliphatic rings. The second-order valence-corrected chi connectivity index (χ2v) is 6.60. The van der Waals surface area contributed by atoms with Gasteiger partial charge in [0, 0.05) is 25.3 Å². The van der Waals surface area contributed by atoms with Gasteiger partial charge in [-0.3, -0.25) is 0 Å². The Kier molecular flexibility index (Phi) is 11.3. The average molecular weight is 436 g/mol. The first-order chi connectivity index (χ1) is 15.1. The molecule has 2 N–H and O–H groups in total. The van der Waals surface area contributed by atoms with Gasteiger partial charge in [0.15, 0.2) is 5.96 Å². The first kappa shape index (κ1) is 24.6. The zero-order chi connectivity index (χ0) is 22.3. The number of benzene rings is 2. The van der Waals surface area contributed by atoms with E-state index in [4.69, 9.17) is 9.47 Å². The molecule has 0 fully saturated rings. The molecular weight excluding hydrogens is 404 g/mol. The first-order valence-corrected chi connectivity index (χ1v) is 10.4. The van der Waals surface area contributed by atoms with Gasteiger partial charge in [0.2, 0.25) is 0 Å². The van der Waals surface area contributed by atoms with E-state index in [0.717, 1.165) is 11.1 Å². The van der Waals surface area contributed by atoms with E-state index in [2.05, 4.69) is 26.4 Å². The van der Waals surface area contributed by atoms with Crippen LogP contribution in [0.5, 0.6) is 5.75 Å². The molecule has 0 saturated heterocycles. The summed E-state index contributed by atoms with van der Waals surface area (Å²) >= 11 is 0. The molecule has 0 radical (unpaired) electrons. The number of nitrogens with one attached hydrogen (secondary N) is 2. The van der Waals surface area contributed by atoms with E-state index in [-0.39, 0.29) is 5.75 Å². The number of nitrogens with zero attached hydrogens (tertiary/aromatic N) is 1. The highest BCUT2D eigenvalue weighted by Gasteiger charge is 2.09. The summed E-state index contributed by atoms with van der Waals surface area (Å²) in [6.07, 6.45) is 0. The maximum absolute atomic E-state index is 12.6. The molecule has 2 aromatic carbocycles. The molecule has 2 aromatic rings. The fourth-order valence-electron chi connectivity index (χ4n) is 2.82. The molecule has 0 atom stereocenters. The number of para-hydroxylation sites is 1. The van der Waals surface area contributed by atoms with Crippen molar-refractivity contribution in [3.8, 4) is 5.75 Å². The van der Waals surface area contributed by atoms with Crippen LogP contribution in [0.25, 0.3) is 0 Å². The van der Waals surface area contributed by atoms with Gasteiger partial charge in [-0.2, -0.15) is 8.78 Å². The minimum atomic E-state index is -2.86. The Bertz CT molecular complexity index is 803. The first-order valence-electron chi connectivity index (χ1n) is 10.4. The van der Waals surface area contributed by atoms with Gasteiger partial charge in [-0.25, -0.2) is 4.99 Å². The van der Waals surface area contributed by atoms with Gasteiger partial charge in [-0.05, 0) is 31.0 Å². The zero-order valence-corrected chi connectivity index (χ0v) is 18.1. The van der Waals surface area contributed by atoms with Gasteiger partial charge in [0.05, 0.1) is 26.4 Å². The van der Waals surface area contributed by atoms with Crippen LogP contribution in [0.3, 0.4) is 0 Å². The third-order valence-electron chi connectivity index (χ3n) is 4.24. The number of hydrogen-bond donors (Lipinski definition) is 2. The minimum absolute atomic E-state index is 0.151. The van der Waals surface area contributed by atoms with E-state index < -0.39 is 6.61 Å². The third-order valence-corrected chi connectivity index (χ3v) is 4.24. The Labute approximate surface area is 182 Å². The quantitative estimate of drug-likeness (QED) is 0.282. The summed E-state index contributed by atoms with van der Waals surface area (Å²) in [5, 5.41) is 6.33. The van der Waals surface area contributed by atoms with Crippen molar-refractivity contribution in [3.05, 3.63) is 65.2 Å². The van der Waals surface area contributed by atoms with Crippen molar-refractivity contribution < 1.29 is 23.0 Å². The van der Waals surface area contributed by atoms with Gasteiger partial charge < -0.3 is 24.8 Å². The zero-order valence-electron chi connectivity index (χ0n) is 18.1. The van der Waals surface area contributed by atoms with Crippen LogP contribution in [-0.4, -0.2) is 38.9 Å². The van der Waals surface area contributed by atoms with Crippen molar-refractivity contribution in [1.82, 2.24) is 10.6 Å². The predicted molar refractivity (Wildman–Crippen MR) is 117 cm³/mol. The molecule has 0 heterocycles. The largest absolute Gasteiger partial charge is 0.434 e. The molecule has 0 bridgehead atoms. The van der Waals surface area contributed by atoms with Crippen LogP contribution >= 0.6 is 0 Å². The van der Waals surface area contributed by atoms with Crippen LogP contribution in [0, 0.1) is 0 Å². The molecule has 0 aliphatic carbocycles. The Hall–Kier alpha value is -2.71. The van der Waals surface area contributed by atoms with Gasteiger partial charge in [0.1, 0.15) is 5.75 Å². The molecule has 0 saturated carbocycles. The smallest absolute Gasteiger partial charge is 0.387 e. The van der Waals surface area contributed by atoms with Crippen LogP contribution in [0.4, 0.5) is 8.78 Å². The molecule has 0 spiro atoms. The van der Waals surface area contributed by atoms with E-state index >= 15 is 0 Å². The number of hydrogen-bond acceptors (Lipinski definition) is 4. The molecule has 31 heavy (non-hydrogen) atoms. The molecular formula is C23H31F2N3O3. The van der Waals surface area contributed by atoms with Gasteiger partial charge >= 0.3 is 6.61 Å². The molecule has 2 rings (SSSR count). The highest BCUT2D eigenvalue weighted by molar-refractivity contribution is 5.79. The number of guanidine groups is 1. The van der Waals surface area contributed by atoms with Crippen molar-refractivity contribution >= 4 is 5.96 Å². The van der Waals surface area contributed by atoms with Crippen molar-refractivity contribution in [1.29, 1.82) is 0 Å². The third kappa shape index (κ3) is 9.76. The number of aliphatic imine (C=N–C) groups is 1. The number of halogens is 2. The van der Waals surface area contributed by atoms with Crippen LogP contribution in [0.2, 0.25) is 0 Å². The highest BCUT2D eigenvalue weighted by Crippen LogP contribution is 2.19. The standard InChI is InChI=1S/C23H31F2N3O3/c1-3-26-23(28-16-20-10-5-6-11-21(20)31-22(24)25)27-15-18-8-7-9-19(14-18)17-30-13-12-29-4-2/h5-11,14,22H,3-4,12-13,15-17H2,1-2H3,(H2,26,27,28). The topological polar surface area (TPSA) is 64.1 Å². The lowest BCUT2D eigenvalue weighted by Gasteiger charge is -2.14. The van der Waals surface area contributed by atoms with Crippen LogP contribution < -0.4 is 15.4 Å². The van der Waals surface area contributed by atoms with Crippen molar-refractivity contribution in [2.45, 2.75) is 40.2 Å². The molecule has 0 aromatic heterocycles. The monoisotopic (exact) mass is 435 g/mol. The van der Waals surface area contributed by atoms with E-state index in [1.165, 1.54) is 6.07 Å². The Morgan fingerprint density at radius 3 is 2.52 bits per heavy atom. The summed E-state index contributed by atoms with van der Waals surface area (Å²) in [6, 6.07) is 14.7. The summed E-state index contributed by atoms with van der Waals surface area (Å²) in [5.41, 5.74) is 2.74. The fourth-order valence-corrected chi connectivity index (χ4v) is 2.82. The lowest BCUT2D eigenvalue weighted by molar-refractivity contribution is -0.0504. The minimum Gasteiger partial charge on any atom is -0.434 e. The fraction of sp³-hybridized carbons (Fsp3) is 0.435.